The SMILES string of the molecule is Cc1nc(Br)cc(NC(C2CC2)C2CC2)n1. The van der Waals surface area contributed by atoms with E-state index in [1.165, 1.54) is 25.7 Å². The molecule has 2 aliphatic rings. The van der Waals surface area contributed by atoms with Crippen molar-refractivity contribution in [2.45, 2.75) is 38.6 Å². The van der Waals surface area contributed by atoms with Crippen LogP contribution in [0.25, 0.3) is 0 Å². The Bertz CT molecular complexity index is 367. The van der Waals surface area contributed by atoms with Gasteiger partial charge in [-0.2, -0.15) is 0 Å². The molecule has 2 fully saturated rings. The molecule has 0 bridgehead atoms. The standard InChI is InChI=1S/C12H16BrN3/c1-7-14-10(13)6-11(15-7)16-12(8-2-3-8)9-4-5-9/h6,8-9,12H,2-5H2,1H3,(H,14,15,16). The van der Waals surface area contributed by atoms with Crippen LogP contribution in [0.3, 0.4) is 0 Å². The van der Waals surface area contributed by atoms with Gasteiger partial charge in [-0.05, 0) is 60.4 Å². The lowest BCUT2D eigenvalue weighted by Crippen LogP contribution is -2.25. The fourth-order valence-electron chi connectivity index (χ4n) is 2.31. The maximum Gasteiger partial charge on any atom is 0.131 e. The average molecular weight is 282 g/mol. The molecule has 2 saturated carbocycles. The van der Waals surface area contributed by atoms with Gasteiger partial charge in [0.2, 0.25) is 0 Å². The lowest BCUT2D eigenvalue weighted by Gasteiger charge is -2.18. The van der Waals surface area contributed by atoms with E-state index in [1.807, 2.05) is 13.0 Å². The molecule has 1 aromatic heterocycles. The van der Waals surface area contributed by atoms with E-state index in [0.29, 0.717) is 6.04 Å². The minimum absolute atomic E-state index is 0.654. The van der Waals surface area contributed by atoms with Gasteiger partial charge in [-0.1, -0.05) is 0 Å². The third kappa shape index (κ3) is 2.37. The number of halogens is 1. The van der Waals surface area contributed by atoms with Crippen LogP contribution in [0, 0.1) is 18.8 Å². The fourth-order valence-corrected chi connectivity index (χ4v) is 2.78. The predicted octanol–water partition coefficient (Wildman–Crippen LogP) is 3.15. The van der Waals surface area contributed by atoms with Crippen molar-refractivity contribution in [3.8, 4) is 0 Å². The molecule has 1 heterocycles. The van der Waals surface area contributed by atoms with Gasteiger partial charge in [-0.15, -0.1) is 0 Å². The topological polar surface area (TPSA) is 37.8 Å². The molecule has 0 saturated heterocycles. The van der Waals surface area contributed by atoms with E-state index in [-0.39, 0.29) is 0 Å². The number of hydrogen-bond acceptors (Lipinski definition) is 3. The van der Waals surface area contributed by atoms with Gasteiger partial charge in [0.25, 0.3) is 0 Å². The van der Waals surface area contributed by atoms with Crippen molar-refractivity contribution in [1.29, 1.82) is 0 Å². The molecular weight excluding hydrogens is 266 g/mol. The van der Waals surface area contributed by atoms with Crippen LogP contribution in [-0.2, 0) is 0 Å². The number of aromatic nitrogens is 2. The van der Waals surface area contributed by atoms with Crippen molar-refractivity contribution in [2.75, 3.05) is 5.32 Å². The van der Waals surface area contributed by atoms with E-state index in [4.69, 9.17) is 0 Å². The number of anilines is 1. The van der Waals surface area contributed by atoms with E-state index in [2.05, 4.69) is 31.2 Å². The van der Waals surface area contributed by atoms with Gasteiger partial charge in [0.15, 0.2) is 0 Å². The Morgan fingerprint density at radius 2 is 1.88 bits per heavy atom. The normalized spacial score (nSPS) is 20.2. The molecule has 3 nitrogen and oxygen atoms in total. The molecule has 0 aromatic carbocycles. The minimum Gasteiger partial charge on any atom is -0.367 e. The summed E-state index contributed by atoms with van der Waals surface area (Å²) < 4.78 is 0.868. The third-order valence-corrected chi connectivity index (χ3v) is 3.79. The van der Waals surface area contributed by atoms with Crippen LogP contribution in [0.15, 0.2) is 10.7 Å². The Hall–Kier alpha value is -0.640. The van der Waals surface area contributed by atoms with Gasteiger partial charge in [-0.3, -0.25) is 0 Å². The first kappa shape index (κ1) is 10.5. The highest BCUT2D eigenvalue weighted by atomic mass is 79.9. The minimum atomic E-state index is 0.654. The lowest BCUT2D eigenvalue weighted by molar-refractivity contribution is 0.565. The van der Waals surface area contributed by atoms with E-state index in [0.717, 1.165) is 28.1 Å². The van der Waals surface area contributed by atoms with Crippen LogP contribution in [0.2, 0.25) is 0 Å². The Morgan fingerprint density at radius 1 is 1.25 bits per heavy atom. The van der Waals surface area contributed by atoms with Crippen LogP contribution in [0.4, 0.5) is 5.82 Å². The van der Waals surface area contributed by atoms with E-state index in [9.17, 15) is 0 Å². The Morgan fingerprint density at radius 3 is 2.38 bits per heavy atom. The number of rotatable bonds is 4. The molecule has 0 radical (unpaired) electrons. The second kappa shape index (κ2) is 3.99. The zero-order valence-corrected chi connectivity index (χ0v) is 11.0. The van der Waals surface area contributed by atoms with Crippen molar-refractivity contribution in [2.24, 2.45) is 11.8 Å². The third-order valence-electron chi connectivity index (χ3n) is 3.38. The first-order valence-electron chi connectivity index (χ1n) is 6.00. The van der Waals surface area contributed by atoms with Crippen molar-refractivity contribution in [3.63, 3.8) is 0 Å². The molecule has 1 N–H and O–H groups in total. The molecule has 1 aromatic rings. The molecule has 16 heavy (non-hydrogen) atoms. The van der Waals surface area contributed by atoms with Gasteiger partial charge >= 0.3 is 0 Å². The van der Waals surface area contributed by atoms with Crippen molar-refractivity contribution >= 4 is 21.7 Å². The molecule has 0 aliphatic heterocycles. The highest BCUT2D eigenvalue weighted by Gasteiger charge is 2.41. The molecule has 3 rings (SSSR count). The summed E-state index contributed by atoms with van der Waals surface area (Å²) in [7, 11) is 0. The van der Waals surface area contributed by atoms with Gasteiger partial charge in [0, 0.05) is 12.1 Å². The highest BCUT2D eigenvalue weighted by molar-refractivity contribution is 9.10. The van der Waals surface area contributed by atoms with Crippen molar-refractivity contribution < 1.29 is 0 Å². The highest BCUT2D eigenvalue weighted by Crippen LogP contribution is 2.45. The summed E-state index contributed by atoms with van der Waals surface area (Å²) in [5.74, 6) is 3.58. The summed E-state index contributed by atoms with van der Waals surface area (Å²) in [6.45, 7) is 1.93. The van der Waals surface area contributed by atoms with Gasteiger partial charge in [-0.25, -0.2) is 9.97 Å². The summed E-state index contributed by atoms with van der Waals surface area (Å²) in [6, 6.07) is 2.63. The quantitative estimate of drug-likeness (QED) is 0.862. The van der Waals surface area contributed by atoms with E-state index < -0.39 is 0 Å². The zero-order valence-electron chi connectivity index (χ0n) is 9.41. The molecule has 0 atom stereocenters. The zero-order chi connectivity index (χ0) is 11.1. The van der Waals surface area contributed by atoms with Crippen molar-refractivity contribution in [3.05, 3.63) is 16.5 Å². The molecule has 86 valence electrons. The first-order chi connectivity index (χ1) is 7.72. The maximum atomic E-state index is 4.44. The summed E-state index contributed by atoms with van der Waals surface area (Å²) >= 11 is 3.42. The second-order valence-corrected chi connectivity index (χ2v) is 5.78. The van der Waals surface area contributed by atoms with Gasteiger partial charge in [0.1, 0.15) is 16.2 Å². The number of hydrogen-bond donors (Lipinski definition) is 1. The monoisotopic (exact) mass is 281 g/mol. The number of nitrogens with zero attached hydrogens (tertiary/aromatic N) is 2. The number of aryl methyl sites for hydroxylation is 1. The van der Waals surface area contributed by atoms with Crippen LogP contribution < -0.4 is 5.32 Å². The molecule has 4 heteroatoms. The Kier molecular flexibility index (Phi) is 2.62. The molecular formula is C12H16BrN3. The van der Waals surface area contributed by atoms with Crippen LogP contribution in [0.1, 0.15) is 31.5 Å². The first-order valence-corrected chi connectivity index (χ1v) is 6.79. The molecule has 0 spiro atoms. The number of nitrogens with one attached hydrogen (secondary N) is 1. The largest absolute Gasteiger partial charge is 0.367 e. The molecule has 0 amide bonds. The summed E-state index contributed by atoms with van der Waals surface area (Å²) in [5.41, 5.74) is 0. The Balaban J connectivity index is 1.75. The van der Waals surface area contributed by atoms with Gasteiger partial charge < -0.3 is 5.32 Å². The van der Waals surface area contributed by atoms with Crippen molar-refractivity contribution in [1.82, 2.24) is 9.97 Å². The second-order valence-electron chi connectivity index (χ2n) is 4.97. The summed E-state index contributed by atoms with van der Waals surface area (Å²) in [5, 5.41) is 3.60. The molecule has 2 aliphatic carbocycles. The Labute approximate surface area is 104 Å². The summed E-state index contributed by atoms with van der Waals surface area (Å²) in [6.07, 6.45) is 5.55. The maximum absolute atomic E-state index is 4.44. The van der Waals surface area contributed by atoms with Gasteiger partial charge in [0.05, 0.1) is 0 Å². The lowest BCUT2D eigenvalue weighted by atomic mass is 10.1. The van der Waals surface area contributed by atoms with Crippen LogP contribution in [-0.4, -0.2) is 16.0 Å². The average Bonchev–Trinajstić information content (AvgIpc) is 3.07. The fraction of sp³-hybridized carbons (Fsp3) is 0.667. The van der Waals surface area contributed by atoms with Crippen LogP contribution in [0.5, 0.6) is 0 Å². The van der Waals surface area contributed by atoms with E-state index in [1.54, 1.807) is 0 Å². The molecule has 0 unspecified atom stereocenters. The van der Waals surface area contributed by atoms with Crippen LogP contribution >= 0.6 is 15.9 Å². The summed E-state index contributed by atoms with van der Waals surface area (Å²) in [4.78, 5) is 8.67. The predicted molar refractivity (Wildman–Crippen MR) is 67.3 cm³/mol. The smallest absolute Gasteiger partial charge is 0.131 e. The van der Waals surface area contributed by atoms with E-state index >= 15 is 0 Å².